The van der Waals surface area contributed by atoms with Gasteiger partial charge in [0.25, 0.3) is 0 Å². The molecule has 2 aromatic carbocycles. The van der Waals surface area contributed by atoms with Crippen LogP contribution < -0.4 is 15.2 Å². The molecule has 2 aromatic rings. The molecule has 0 aromatic heterocycles. The van der Waals surface area contributed by atoms with E-state index in [9.17, 15) is 13.2 Å². The summed E-state index contributed by atoms with van der Waals surface area (Å²) in [5.41, 5.74) is 7.58. The monoisotopic (exact) mass is 445 g/mol. The summed E-state index contributed by atoms with van der Waals surface area (Å²) in [6, 6.07) is 11.7. The quantitative estimate of drug-likeness (QED) is 0.341. The van der Waals surface area contributed by atoms with Gasteiger partial charge >= 0.3 is 5.97 Å². The number of hydrogen-bond acceptors (Lipinski definition) is 6. The first-order valence-corrected chi connectivity index (χ1v) is 11.5. The highest BCUT2D eigenvalue weighted by atomic mass is 32.2. The number of rotatable bonds is 7. The van der Waals surface area contributed by atoms with Gasteiger partial charge in [-0.3, -0.25) is 10.2 Å². The highest BCUT2D eigenvalue weighted by molar-refractivity contribution is 7.89. The highest BCUT2D eigenvalue weighted by Crippen LogP contribution is 2.32. The number of nitrogens with one attached hydrogen (secondary N) is 2. The van der Waals surface area contributed by atoms with Crippen LogP contribution >= 0.6 is 0 Å². The van der Waals surface area contributed by atoms with Crippen molar-refractivity contribution in [2.24, 2.45) is 11.7 Å². The summed E-state index contributed by atoms with van der Waals surface area (Å²) >= 11 is 0. The van der Waals surface area contributed by atoms with Gasteiger partial charge in [0.05, 0.1) is 20.1 Å². The van der Waals surface area contributed by atoms with Crippen molar-refractivity contribution in [3.63, 3.8) is 0 Å². The van der Waals surface area contributed by atoms with Crippen LogP contribution in [0.1, 0.15) is 31.2 Å². The Kier molecular flexibility index (Phi) is 6.97. The maximum absolute atomic E-state index is 13.2. The minimum atomic E-state index is -3.84. The van der Waals surface area contributed by atoms with Gasteiger partial charge in [0.2, 0.25) is 10.0 Å². The Hall–Kier alpha value is -2.91. The van der Waals surface area contributed by atoms with Gasteiger partial charge in [-0.05, 0) is 48.9 Å². The average Bonchev–Trinajstić information content (AvgIpc) is 2.78. The van der Waals surface area contributed by atoms with Crippen LogP contribution in [0.4, 0.5) is 0 Å². The summed E-state index contributed by atoms with van der Waals surface area (Å²) < 4.78 is 39.2. The SMILES string of the molecule is COC(=O)C1CCC(NS(=O)(=O)c2cc(-c3ccc(C(=N)N)cc3)ccc2OC)CC1. The Morgan fingerprint density at radius 3 is 2.19 bits per heavy atom. The number of carbonyl (C=O) groups is 1. The van der Waals surface area contributed by atoms with E-state index in [1.54, 1.807) is 42.5 Å². The van der Waals surface area contributed by atoms with Gasteiger partial charge in [-0.1, -0.05) is 30.3 Å². The number of methoxy groups -OCH3 is 2. The van der Waals surface area contributed by atoms with E-state index in [0.29, 0.717) is 36.8 Å². The molecule has 0 spiro atoms. The maximum atomic E-state index is 13.2. The molecule has 1 fully saturated rings. The minimum Gasteiger partial charge on any atom is -0.495 e. The van der Waals surface area contributed by atoms with Crippen molar-refractivity contribution in [1.29, 1.82) is 5.41 Å². The van der Waals surface area contributed by atoms with Crippen LogP contribution in [-0.2, 0) is 19.6 Å². The molecule has 1 aliphatic rings. The van der Waals surface area contributed by atoms with Crippen molar-refractivity contribution in [3.05, 3.63) is 48.0 Å². The fourth-order valence-electron chi connectivity index (χ4n) is 3.81. The predicted octanol–water partition coefficient (Wildman–Crippen LogP) is 2.66. The van der Waals surface area contributed by atoms with Gasteiger partial charge in [0.1, 0.15) is 16.5 Å². The molecular weight excluding hydrogens is 418 g/mol. The molecule has 9 heteroatoms. The Morgan fingerprint density at radius 1 is 1.03 bits per heavy atom. The van der Waals surface area contributed by atoms with Crippen LogP contribution in [0.2, 0.25) is 0 Å². The van der Waals surface area contributed by atoms with Crippen LogP contribution in [0, 0.1) is 11.3 Å². The molecule has 3 rings (SSSR count). The lowest BCUT2D eigenvalue weighted by Crippen LogP contribution is -2.39. The zero-order valence-electron chi connectivity index (χ0n) is 17.6. The first-order valence-electron chi connectivity index (χ1n) is 9.98. The molecular formula is C22H27N3O5S. The molecule has 4 N–H and O–H groups in total. The Labute approximate surface area is 182 Å². The van der Waals surface area contributed by atoms with Crippen molar-refractivity contribution in [2.75, 3.05) is 14.2 Å². The van der Waals surface area contributed by atoms with Crippen molar-refractivity contribution < 1.29 is 22.7 Å². The molecule has 0 aliphatic heterocycles. The molecule has 0 heterocycles. The van der Waals surface area contributed by atoms with Crippen LogP contribution in [0.5, 0.6) is 5.75 Å². The molecule has 1 aliphatic carbocycles. The zero-order valence-corrected chi connectivity index (χ0v) is 18.4. The molecule has 166 valence electrons. The molecule has 0 amide bonds. The van der Waals surface area contributed by atoms with E-state index < -0.39 is 10.0 Å². The van der Waals surface area contributed by atoms with Crippen LogP contribution in [0.15, 0.2) is 47.4 Å². The molecule has 0 saturated heterocycles. The molecule has 0 unspecified atom stereocenters. The number of sulfonamides is 1. The van der Waals surface area contributed by atoms with Crippen molar-refractivity contribution in [3.8, 4) is 16.9 Å². The van der Waals surface area contributed by atoms with E-state index in [-0.39, 0.29) is 34.4 Å². The maximum Gasteiger partial charge on any atom is 0.308 e. The third-order valence-corrected chi connectivity index (χ3v) is 7.11. The first kappa shape index (κ1) is 22.8. The lowest BCUT2D eigenvalue weighted by atomic mass is 9.86. The van der Waals surface area contributed by atoms with Crippen molar-refractivity contribution in [1.82, 2.24) is 4.72 Å². The topological polar surface area (TPSA) is 132 Å². The number of amidine groups is 1. The molecule has 0 radical (unpaired) electrons. The van der Waals surface area contributed by atoms with E-state index >= 15 is 0 Å². The van der Waals surface area contributed by atoms with Gasteiger partial charge in [-0.15, -0.1) is 0 Å². The van der Waals surface area contributed by atoms with E-state index in [0.717, 1.165) is 5.56 Å². The summed E-state index contributed by atoms with van der Waals surface area (Å²) in [6.07, 6.45) is 2.29. The molecule has 1 saturated carbocycles. The summed E-state index contributed by atoms with van der Waals surface area (Å²) in [4.78, 5) is 11.8. The molecule has 8 nitrogen and oxygen atoms in total. The number of esters is 1. The molecule has 0 atom stereocenters. The summed E-state index contributed by atoms with van der Waals surface area (Å²) in [6.45, 7) is 0. The third-order valence-electron chi connectivity index (χ3n) is 5.57. The Balaban J connectivity index is 1.82. The second-order valence-corrected chi connectivity index (χ2v) is 9.23. The largest absolute Gasteiger partial charge is 0.495 e. The third kappa shape index (κ3) is 5.23. The minimum absolute atomic E-state index is 0.0318. The lowest BCUT2D eigenvalue weighted by molar-refractivity contribution is -0.146. The van der Waals surface area contributed by atoms with Crippen LogP contribution in [0.25, 0.3) is 11.1 Å². The van der Waals surface area contributed by atoms with E-state index in [4.69, 9.17) is 20.6 Å². The average molecular weight is 446 g/mol. The molecule has 0 bridgehead atoms. The molecule has 31 heavy (non-hydrogen) atoms. The van der Waals surface area contributed by atoms with Crippen LogP contribution in [-0.4, -0.2) is 40.5 Å². The number of ether oxygens (including phenoxy) is 2. The summed E-state index contributed by atoms with van der Waals surface area (Å²) in [5, 5.41) is 7.50. The fraction of sp³-hybridized carbons (Fsp3) is 0.364. The number of carbonyl (C=O) groups excluding carboxylic acids is 1. The standard InChI is InChI=1S/C22H27N3O5S/c1-29-19-12-9-17(14-3-5-15(6-4-14)21(23)24)13-20(19)31(27,28)25-18-10-7-16(8-11-18)22(26)30-2/h3-6,9,12-13,16,18,25H,7-8,10-11H2,1-2H3,(H3,23,24). The summed E-state index contributed by atoms with van der Waals surface area (Å²) in [7, 11) is -1.05. The Morgan fingerprint density at radius 2 is 1.65 bits per heavy atom. The second-order valence-electron chi connectivity index (χ2n) is 7.55. The van der Waals surface area contributed by atoms with E-state index in [1.165, 1.54) is 14.2 Å². The number of nitrogen functional groups attached to an aromatic ring is 1. The highest BCUT2D eigenvalue weighted by Gasteiger charge is 2.30. The van der Waals surface area contributed by atoms with Gasteiger partial charge in [0.15, 0.2) is 0 Å². The van der Waals surface area contributed by atoms with Gasteiger partial charge in [-0.25, -0.2) is 13.1 Å². The predicted molar refractivity (Wildman–Crippen MR) is 118 cm³/mol. The summed E-state index contributed by atoms with van der Waals surface area (Å²) in [5.74, 6) is -0.205. The van der Waals surface area contributed by atoms with Crippen LogP contribution in [0.3, 0.4) is 0 Å². The number of hydrogen-bond donors (Lipinski definition) is 3. The first-order chi connectivity index (χ1) is 14.7. The number of nitrogens with two attached hydrogens (primary N) is 1. The van der Waals surface area contributed by atoms with Gasteiger partial charge in [-0.2, -0.15) is 0 Å². The van der Waals surface area contributed by atoms with Crippen molar-refractivity contribution >= 4 is 21.8 Å². The lowest BCUT2D eigenvalue weighted by Gasteiger charge is -2.27. The zero-order chi connectivity index (χ0) is 22.6. The normalized spacial score (nSPS) is 18.9. The van der Waals surface area contributed by atoms with E-state index in [1.807, 2.05) is 0 Å². The smallest absolute Gasteiger partial charge is 0.308 e. The van der Waals surface area contributed by atoms with Gasteiger partial charge in [0, 0.05) is 11.6 Å². The number of benzene rings is 2. The fourth-order valence-corrected chi connectivity index (χ4v) is 5.30. The Bertz CT molecular complexity index is 1060. The second kappa shape index (κ2) is 9.49. The van der Waals surface area contributed by atoms with E-state index in [2.05, 4.69) is 4.72 Å². The van der Waals surface area contributed by atoms with Crippen molar-refractivity contribution in [2.45, 2.75) is 36.6 Å². The van der Waals surface area contributed by atoms with Gasteiger partial charge < -0.3 is 15.2 Å².